The molecule has 1 aromatic heterocycles. The van der Waals surface area contributed by atoms with E-state index < -0.39 is 0 Å². The first-order chi connectivity index (χ1) is 14.2. The van der Waals surface area contributed by atoms with Gasteiger partial charge in [-0.15, -0.1) is 0 Å². The summed E-state index contributed by atoms with van der Waals surface area (Å²) >= 11 is 1.27. The van der Waals surface area contributed by atoms with Crippen LogP contribution in [0.1, 0.15) is 17.5 Å². The summed E-state index contributed by atoms with van der Waals surface area (Å²) in [6.45, 7) is 0. The number of allylic oxidation sites excluding steroid dienone is 4. The van der Waals surface area contributed by atoms with Crippen LogP contribution < -0.4 is 0 Å². The molecule has 142 valence electrons. The van der Waals surface area contributed by atoms with Crippen LogP contribution in [0.3, 0.4) is 0 Å². The number of hydrogen-bond acceptors (Lipinski definition) is 4. The highest BCUT2D eigenvalue weighted by molar-refractivity contribution is 8.04. The summed E-state index contributed by atoms with van der Waals surface area (Å²) in [6, 6.07) is 24.9. The molecular formula is C25H19NO2S. The molecule has 0 radical (unpaired) electrons. The number of Topliss-reactive ketones (excluding diaryl/α,β-unsaturated/α-hetero) is 1. The molecule has 0 saturated carbocycles. The molecule has 0 amide bonds. The van der Waals surface area contributed by atoms with Crippen LogP contribution in [0.25, 0.3) is 5.57 Å². The van der Waals surface area contributed by atoms with Crippen molar-refractivity contribution < 1.29 is 9.59 Å². The van der Waals surface area contributed by atoms with Crippen LogP contribution >= 0.6 is 11.8 Å². The third kappa shape index (κ3) is 4.44. The number of hydrogen-bond donors (Lipinski definition) is 0. The van der Waals surface area contributed by atoms with Gasteiger partial charge in [0.1, 0.15) is 5.03 Å². The van der Waals surface area contributed by atoms with E-state index in [1.165, 1.54) is 17.8 Å². The fourth-order valence-electron chi connectivity index (χ4n) is 3.27. The second-order valence-electron chi connectivity index (χ2n) is 6.68. The largest absolute Gasteiger partial charge is 0.289 e. The number of rotatable bonds is 6. The molecule has 0 aliphatic heterocycles. The Bertz CT molecular complexity index is 1090. The Hall–Kier alpha value is -3.24. The minimum atomic E-state index is -0.137. The van der Waals surface area contributed by atoms with Gasteiger partial charge in [0.05, 0.1) is 4.91 Å². The highest BCUT2D eigenvalue weighted by atomic mass is 32.2. The van der Waals surface area contributed by atoms with E-state index in [0.29, 0.717) is 33.9 Å². The van der Waals surface area contributed by atoms with Gasteiger partial charge in [-0.05, 0) is 42.2 Å². The zero-order valence-corrected chi connectivity index (χ0v) is 16.6. The van der Waals surface area contributed by atoms with E-state index in [2.05, 4.69) is 4.98 Å². The van der Waals surface area contributed by atoms with Crippen molar-refractivity contribution >= 4 is 28.9 Å². The summed E-state index contributed by atoms with van der Waals surface area (Å²) < 4.78 is 0. The summed E-state index contributed by atoms with van der Waals surface area (Å²) in [5.41, 5.74) is 2.93. The number of thioether (sulfide) groups is 1. The Labute approximate surface area is 174 Å². The third-order valence-corrected chi connectivity index (χ3v) is 5.83. The summed E-state index contributed by atoms with van der Waals surface area (Å²) in [6.07, 6.45) is 4.36. The molecule has 1 heterocycles. The lowest BCUT2D eigenvalue weighted by molar-refractivity contribution is -0.114. The topological polar surface area (TPSA) is 47.0 Å². The zero-order chi connectivity index (χ0) is 20.1. The number of nitrogens with zero attached hydrogens (tertiary/aromatic N) is 1. The van der Waals surface area contributed by atoms with Crippen molar-refractivity contribution in [2.24, 2.45) is 0 Å². The molecule has 1 aliphatic rings. The predicted molar refractivity (Wildman–Crippen MR) is 116 cm³/mol. The summed E-state index contributed by atoms with van der Waals surface area (Å²) in [5.74, 6) is -0.215. The molecule has 29 heavy (non-hydrogen) atoms. The number of benzene rings is 2. The van der Waals surface area contributed by atoms with E-state index in [0.717, 1.165) is 11.1 Å². The molecule has 4 heteroatoms. The highest BCUT2D eigenvalue weighted by Crippen LogP contribution is 2.37. The minimum Gasteiger partial charge on any atom is -0.289 e. The van der Waals surface area contributed by atoms with Gasteiger partial charge in [-0.2, -0.15) is 0 Å². The van der Waals surface area contributed by atoms with Crippen LogP contribution in [0.15, 0.2) is 107 Å². The molecule has 0 saturated heterocycles. The van der Waals surface area contributed by atoms with Crippen molar-refractivity contribution in [2.75, 3.05) is 0 Å². The molecule has 3 aromatic rings. The highest BCUT2D eigenvalue weighted by Gasteiger charge is 2.29. The molecule has 0 bridgehead atoms. The van der Waals surface area contributed by atoms with Gasteiger partial charge in [-0.25, -0.2) is 4.98 Å². The average molecular weight is 397 g/mol. The Balaban J connectivity index is 1.70. The Kier molecular flexibility index (Phi) is 5.82. The van der Waals surface area contributed by atoms with Gasteiger partial charge >= 0.3 is 0 Å². The van der Waals surface area contributed by atoms with E-state index in [1.54, 1.807) is 6.20 Å². The zero-order valence-electron chi connectivity index (χ0n) is 15.7. The monoisotopic (exact) mass is 397 g/mol. The van der Waals surface area contributed by atoms with Crippen molar-refractivity contribution in [1.29, 1.82) is 0 Å². The van der Waals surface area contributed by atoms with Gasteiger partial charge in [-0.1, -0.05) is 78.5 Å². The standard InChI is InChI=1S/C25H19NO2S/c27-22-17-21(19-11-5-2-6-12-19)24(28)20(15-14-18-9-3-1-4-10-18)25(22)29-23-13-7-8-16-26-23/h1-13,16-17H,14-15H2. The van der Waals surface area contributed by atoms with Gasteiger partial charge in [0.2, 0.25) is 0 Å². The van der Waals surface area contributed by atoms with Crippen LogP contribution in [0.4, 0.5) is 0 Å². The number of aromatic nitrogens is 1. The number of carbonyl (C=O) groups excluding carboxylic acids is 2. The fraction of sp³-hybridized carbons (Fsp3) is 0.0800. The fourth-order valence-corrected chi connectivity index (χ4v) is 4.22. The van der Waals surface area contributed by atoms with Gasteiger partial charge in [0, 0.05) is 17.3 Å². The molecular weight excluding hydrogens is 378 g/mol. The first-order valence-corrected chi connectivity index (χ1v) is 10.3. The number of pyridine rings is 1. The number of carbonyl (C=O) groups is 2. The van der Waals surface area contributed by atoms with Crippen molar-refractivity contribution in [3.63, 3.8) is 0 Å². The molecule has 0 fully saturated rings. The lowest BCUT2D eigenvalue weighted by Gasteiger charge is -2.19. The van der Waals surface area contributed by atoms with Gasteiger partial charge in [-0.3, -0.25) is 9.59 Å². The first kappa shape index (κ1) is 19.1. The van der Waals surface area contributed by atoms with Crippen LogP contribution in [0.5, 0.6) is 0 Å². The quantitative estimate of drug-likeness (QED) is 0.530. The first-order valence-electron chi connectivity index (χ1n) is 9.44. The Morgan fingerprint density at radius 3 is 2.14 bits per heavy atom. The molecule has 3 nitrogen and oxygen atoms in total. The van der Waals surface area contributed by atoms with Gasteiger partial charge < -0.3 is 0 Å². The average Bonchev–Trinajstić information content (AvgIpc) is 2.78. The van der Waals surface area contributed by atoms with Gasteiger partial charge in [0.15, 0.2) is 11.6 Å². The van der Waals surface area contributed by atoms with Crippen LogP contribution in [0, 0.1) is 0 Å². The van der Waals surface area contributed by atoms with Crippen molar-refractivity contribution in [1.82, 2.24) is 4.98 Å². The summed E-state index contributed by atoms with van der Waals surface area (Å²) in [4.78, 5) is 31.2. The van der Waals surface area contributed by atoms with Crippen molar-refractivity contribution in [3.05, 3.63) is 113 Å². The smallest absolute Gasteiger partial charge is 0.193 e. The Morgan fingerprint density at radius 1 is 0.759 bits per heavy atom. The predicted octanol–water partition coefficient (Wildman–Crippen LogP) is 5.30. The molecule has 0 N–H and O–H groups in total. The minimum absolute atomic E-state index is 0.0786. The molecule has 4 rings (SSSR count). The second-order valence-corrected chi connectivity index (χ2v) is 7.71. The second kappa shape index (κ2) is 8.84. The van der Waals surface area contributed by atoms with Gasteiger partial charge in [0.25, 0.3) is 0 Å². The SMILES string of the molecule is O=C1C=C(c2ccccc2)C(=O)C(CCc2ccccc2)=C1Sc1ccccn1. The van der Waals surface area contributed by atoms with Crippen LogP contribution in [-0.2, 0) is 16.0 Å². The molecule has 0 atom stereocenters. The van der Waals surface area contributed by atoms with E-state index in [4.69, 9.17) is 0 Å². The van der Waals surface area contributed by atoms with E-state index in [-0.39, 0.29) is 11.6 Å². The van der Waals surface area contributed by atoms with E-state index >= 15 is 0 Å². The Morgan fingerprint density at radius 2 is 1.45 bits per heavy atom. The van der Waals surface area contributed by atoms with E-state index in [9.17, 15) is 9.59 Å². The van der Waals surface area contributed by atoms with Crippen LogP contribution in [-0.4, -0.2) is 16.6 Å². The van der Waals surface area contributed by atoms with E-state index in [1.807, 2.05) is 78.9 Å². The normalized spacial score (nSPS) is 14.1. The molecule has 0 unspecified atom stereocenters. The number of ketones is 2. The maximum Gasteiger partial charge on any atom is 0.193 e. The maximum atomic E-state index is 13.4. The maximum absolute atomic E-state index is 13.4. The molecule has 1 aliphatic carbocycles. The third-order valence-electron chi connectivity index (χ3n) is 4.73. The number of aryl methyl sites for hydroxylation is 1. The summed E-state index contributed by atoms with van der Waals surface area (Å²) in [5, 5.41) is 0.706. The molecule has 0 spiro atoms. The lowest BCUT2D eigenvalue weighted by Crippen LogP contribution is -2.18. The van der Waals surface area contributed by atoms with Crippen molar-refractivity contribution in [2.45, 2.75) is 17.9 Å². The molecule has 2 aromatic carbocycles. The van der Waals surface area contributed by atoms with Crippen LogP contribution in [0.2, 0.25) is 0 Å². The van der Waals surface area contributed by atoms with Crippen molar-refractivity contribution in [3.8, 4) is 0 Å². The lowest BCUT2D eigenvalue weighted by atomic mass is 9.88. The summed E-state index contributed by atoms with van der Waals surface area (Å²) in [7, 11) is 0.